The van der Waals surface area contributed by atoms with Gasteiger partial charge in [0.1, 0.15) is 8.07 Å². The molecule has 0 aliphatic heterocycles. The van der Waals surface area contributed by atoms with Crippen LogP contribution in [0.25, 0.3) is 0 Å². The highest BCUT2D eigenvalue weighted by Gasteiger charge is 2.43. The molecule has 0 spiro atoms. The van der Waals surface area contributed by atoms with Gasteiger partial charge in [-0.25, -0.2) is 0 Å². The Balaban J connectivity index is 1.86. The molecule has 0 aliphatic carbocycles. The fraction of sp³-hybridized carbons (Fsp3) is 0.250. The van der Waals surface area contributed by atoms with Crippen molar-refractivity contribution >= 4 is 18.4 Å². The van der Waals surface area contributed by atoms with Crippen LogP contribution in [0.2, 0.25) is 6.55 Å². The zero-order valence-electron chi connectivity index (χ0n) is 20.8. The minimum absolute atomic E-state index is 0.456. The van der Waals surface area contributed by atoms with Crippen LogP contribution in [0, 0.1) is 5.92 Å². The summed E-state index contributed by atoms with van der Waals surface area (Å²) in [7, 11) is -2.14. The van der Waals surface area contributed by atoms with E-state index in [0.29, 0.717) is 11.6 Å². The second-order valence-corrected chi connectivity index (χ2v) is 14.2. The molecule has 0 saturated carbocycles. The van der Waals surface area contributed by atoms with Crippen molar-refractivity contribution in [3.8, 4) is 0 Å². The Labute approximate surface area is 207 Å². The van der Waals surface area contributed by atoms with Crippen molar-refractivity contribution in [2.75, 3.05) is 0 Å². The Hall–Kier alpha value is -2.94. The summed E-state index contributed by atoms with van der Waals surface area (Å²) < 4.78 is 0. The van der Waals surface area contributed by atoms with Crippen molar-refractivity contribution in [1.29, 1.82) is 0 Å². The Kier molecular flexibility index (Phi) is 8.15. The minimum Gasteiger partial charge on any atom is -0.294 e. The molecule has 0 aliphatic rings. The molecule has 4 aromatic carbocycles. The molecule has 0 N–H and O–H groups in total. The van der Waals surface area contributed by atoms with E-state index in [9.17, 15) is 0 Å². The highest BCUT2D eigenvalue weighted by molar-refractivity contribution is 7.02. The van der Waals surface area contributed by atoms with Crippen molar-refractivity contribution in [2.24, 2.45) is 5.92 Å². The number of hydrogen-bond acceptors (Lipinski definition) is 1. The molecule has 1 nitrogen and oxygen atoms in total. The second kappa shape index (κ2) is 11.5. The highest BCUT2D eigenvalue weighted by Crippen LogP contribution is 2.26. The molecule has 0 amide bonds. The largest absolute Gasteiger partial charge is 0.294 e. The zero-order valence-corrected chi connectivity index (χ0v) is 21.8. The van der Waals surface area contributed by atoms with Crippen LogP contribution in [0.4, 0.5) is 0 Å². The van der Waals surface area contributed by atoms with Crippen LogP contribution in [0.5, 0.6) is 0 Å². The van der Waals surface area contributed by atoms with Gasteiger partial charge in [0.15, 0.2) is 0 Å². The smallest absolute Gasteiger partial charge is 0.132 e. The van der Waals surface area contributed by atoms with Crippen molar-refractivity contribution in [1.82, 2.24) is 4.90 Å². The van der Waals surface area contributed by atoms with Crippen LogP contribution >= 0.6 is 0 Å². The molecule has 0 bridgehead atoms. The SMILES string of the molecule is CC(C)CC(N(Cc1ccccc1)Cc1ccccc1)[Si](C)(c1ccccc1)c1ccccc1. The van der Waals surface area contributed by atoms with E-state index in [4.69, 9.17) is 0 Å². The predicted molar refractivity (Wildman–Crippen MR) is 149 cm³/mol. The molecule has 2 heteroatoms. The molecule has 34 heavy (non-hydrogen) atoms. The van der Waals surface area contributed by atoms with E-state index in [2.05, 4.69) is 147 Å². The van der Waals surface area contributed by atoms with Gasteiger partial charge >= 0.3 is 0 Å². The highest BCUT2D eigenvalue weighted by atomic mass is 28.3. The van der Waals surface area contributed by atoms with Crippen LogP contribution in [-0.4, -0.2) is 18.6 Å². The van der Waals surface area contributed by atoms with Crippen molar-refractivity contribution in [3.63, 3.8) is 0 Å². The number of hydrogen-bond donors (Lipinski definition) is 0. The van der Waals surface area contributed by atoms with Gasteiger partial charge in [-0.05, 0) is 23.5 Å². The van der Waals surface area contributed by atoms with E-state index < -0.39 is 8.07 Å². The summed E-state index contributed by atoms with van der Waals surface area (Å²) in [5.41, 5.74) is 3.21. The van der Waals surface area contributed by atoms with Gasteiger partial charge in [0.25, 0.3) is 0 Å². The molecule has 1 atom stereocenters. The van der Waals surface area contributed by atoms with Gasteiger partial charge in [0.05, 0.1) is 0 Å². The molecule has 0 fully saturated rings. The van der Waals surface area contributed by atoms with Crippen LogP contribution in [0.3, 0.4) is 0 Å². The molecule has 0 aromatic heterocycles. The van der Waals surface area contributed by atoms with Crippen LogP contribution in [0.15, 0.2) is 121 Å². The number of benzene rings is 4. The first kappa shape index (κ1) is 24.2. The van der Waals surface area contributed by atoms with Gasteiger partial charge in [0.2, 0.25) is 0 Å². The predicted octanol–water partition coefficient (Wildman–Crippen LogP) is 6.54. The zero-order chi connectivity index (χ0) is 23.8. The fourth-order valence-electron chi connectivity index (χ4n) is 5.23. The summed E-state index contributed by atoms with van der Waals surface area (Å²) in [6.45, 7) is 9.25. The quantitative estimate of drug-likeness (QED) is 0.242. The Bertz CT molecular complexity index is 1030. The van der Waals surface area contributed by atoms with E-state index >= 15 is 0 Å². The standard InChI is InChI=1S/C32H37NSi/c1-27(2)24-32(34(3,30-20-12-6-13-21-30)31-22-14-7-15-23-31)33(25-28-16-8-4-9-17-28)26-29-18-10-5-11-19-29/h4-23,27,32H,24-26H2,1-3H3. The van der Waals surface area contributed by atoms with E-state index in [0.717, 1.165) is 13.1 Å². The summed E-state index contributed by atoms with van der Waals surface area (Å²) in [5.74, 6) is 0.610. The minimum atomic E-state index is -2.14. The first-order valence-corrected chi connectivity index (χ1v) is 15.1. The topological polar surface area (TPSA) is 3.24 Å². The third-order valence-corrected chi connectivity index (χ3v) is 12.0. The summed E-state index contributed by atoms with van der Waals surface area (Å²) in [5, 5.41) is 3.02. The third-order valence-electron chi connectivity index (χ3n) is 7.01. The summed E-state index contributed by atoms with van der Waals surface area (Å²) in [4.78, 5) is 2.77. The van der Waals surface area contributed by atoms with Crippen LogP contribution in [0.1, 0.15) is 31.4 Å². The van der Waals surface area contributed by atoms with E-state index in [1.165, 1.54) is 27.9 Å². The maximum absolute atomic E-state index is 2.77. The number of rotatable bonds is 10. The van der Waals surface area contributed by atoms with Crippen LogP contribution < -0.4 is 10.4 Å². The lowest BCUT2D eigenvalue weighted by Crippen LogP contribution is -2.69. The van der Waals surface area contributed by atoms with Gasteiger partial charge in [-0.15, -0.1) is 0 Å². The van der Waals surface area contributed by atoms with Gasteiger partial charge in [-0.3, -0.25) is 4.90 Å². The molecule has 4 aromatic rings. The number of nitrogens with zero attached hydrogens (tertiary/aromatic N) is 1. The van der Waals surface area contributed by atoms with Gasteiger partial charge in [0, 0.05) is 18.8 Å². The fourth-order valence-corrected chi connectivity index (χ4v) is 9.96. The normalized spacial score (nSPS) is 12.7. The van der Waals surface area contributed by atoms with Crippen LogP contribution in [-0.2, 0) is 13.1 Å². The van der Waals surface area contributed by atoms with Crippen molar-refractivity contribution in [3.05, 3.63) is 132 Å². The molecule has 0 saturated heterocycles. The molecular weight excluding hydrogens is 426 g/mol. The third kappa shape index (κ3) is 5.75. The molecule has 0 radical (unpaired) electrons. The summed E-state index contributed by atoms with van der Waals surface area (Å²) >= 11 is 0. The first-order valence-electron chi connectivity index (χ1n) is 12.5. The maximum Gasteiger partial charge on any atom is 0.132 e. The second-order valence-electron chi connectivity index (χ2n) is 9.96. The van der Waals surface area contributed by atoms with Gasteiger partial charge in [-0.1, -0.05) is 152 Å². The van der Waals surface area contributed by atoms with E-state index in [1.807, 2.05) is 0 Å². The van der Waals surface area contributed by atoms with E-state index in [-0.39, 0.29) is 0 Å². The molecule has 4 rings (SSSR count). The molecule has 174 valence electrons. The summed E-state index contributed by atoms with van der Waals surface area (Å²) in [6.07, 6.45) is 1.17. The average Bonchev–Trinajstić information content (AvgIpc) is 2.89. The van der Waals surface area contributed by atoms with Gasteiger partial charge < -0.3 is 0 Å². The molecular formula is C32H37NSi. The lowest BCUT2D eigenvalue weighted by atomic mass is 10.1. The first-order chi connectivity index (χ1) is 16.6. The average molecular weight is 464 g/mol. The van der Waals surface area contributed by atoms with Crippen molar-refractivity contribution in [2.45, 2.75) is 45.6 Å². The monoisotopic (exact) mass is 463 g/mol. The Morgan fingerprint density at radius 3 is 1.26 bits per heavy atom. The Morgan fingerprint density at radius 1 is 0.559 bits per heavy atom. The van der Waals surface area contributed by atoms with Crippen molar-refractivity contribution < 1.29 is 0 Å². The molecule has 0 heterocycles. The lowest BCUT2D eigenvalue weighted by Gasteiger charge is -2.45. The molecule has 1 unspecified atom stereocenters. The van der Waals surface area contributed by atoms with E-state index in [1.54, 1.807) is 0 Å². The maximum atomic E-state index is 2.77. The Morgan fingerprint density at radius 2 is 0.912 bits per heavy atom. The lowest BCUT2D eigenvalue weighted by molar-refractivity contribution is 0.205. The summed E-state index contributed by atoms with van der Waals surface area (Å²) in [6, 6.07) is 44.6. The van der Waals surface area contributed by atoms with Gasteiger partial charge in [-0.2, -0.15) is 0 Å².